The summed E-state index contributed by atoms with van der Waals surface area (Å²) in [7, 11) is 0. The highest BCUT2D eigenvalue weighted by molar-refractivity contribution is 6.27. The number of hydrogen-bond donors (Lipinski definition) is 5. The first kappa shape index (κ1) is 31.5. The summed E-state index contributed by atoms with van der Waals surface area (Å²) in [6.45, 7) is -0.677. The number of amides is 4. The number of carbonyl (C=O) groups excluding carboxylic acids is 4. The second-order valence-corrected chi connectivity index (χ2v) is 10.5. The molecular formula is C28H21N7O12-4. The largest absolute Gasteiger partial charge is 0.769 e. The van der Waals surface area contributed by atoms with Crippen LogP contribution in [0.2, 0.25) is 0 Å². The smallest absolute Gasteiger partial charge is 0.261 e. The van der Waals surface area contributed by atoms with Crippen molar-refractivity contribution in [1.29, 1.82) is 0 Å². The van der Waals surface area contributed by atoms with Crippen LogP contribution in [0.3, 0.4) is 0 Å². The summed E-state index contributed by atoms with van der Waals surface area (Å²) >= 11 is 0. The van der Waals surface area contributed by atoms with Crippen LogP contribution in [0.5, 0.6) is 0 Å². The lowest BCUT2D eigenvalue weighted by Crippen LogP contribution is -2.46. The van der Waals surface area contributed by atoms with E-state index in [4.69, 9.17) is 0 Å². The third-order valence-corrected chi connectivity index (χ3v) is 7.85. The molecule has 0 unspecified atom stereocenters. The quantitative estimate of drug-likeness (QED) is 0.0937. The zero-order chi connectivity index (χ0) is 33.9. The van der Waals surface area contributed by atoms with Crippen LogP contribution in [-0.4, -0.2) is 80.4 Å². The molecule has 19 nitrogen and oxygen atoms in total. The van der Waals surface area contributed by atoms with Gasteiger partial charge in [-0.15, -0.1) is 10.5 Å². The number of carbonyl (C=O) groups is 4. The van der Waals surface area contributed by atoms with E-state index in [2.05, 4.69) is 5.32 Å². The van der Waals surface area contributed by atoms with Crippen LogP contribution in [-0.2, 0) is 0 Å². The first-order valence-electron chi connectivity index (χ1n) is 13.6. The van der Waals surface area contributed by atoms with Crippen molar-refractivity contribution in [2.24, 2.45) is 0 Å². The van der Waals surface area contributed by atoms with Crippen molar-refractivity contribution in [2.45, 2.75) is 0 Å². The molecule has 0 bridgehead atoms. The molecule has 4 aromatic rings. The Bertz CT molecular complexity index is 1730. The van der Waals surface area contributed by atoms with Gasteiger partial charge in [-0.3, -0.25) is 49.8 Å². The van der Waals surface area contributed by atoms with Crippen molar-refractivity contribution in [1.82, 2.24) is 15.1 Å². The Kier molecular flexibility index (Phi) is 7.85. The third kappa shape index (κ3) is 5.30. The number of imide groups is 2. The lowest BCUT2D eigenvalue weighted by Gasteiger charge is -2.38. The van der Waals surface area contributed by atoms with E-state index in [9.17, 15) is 60.8 Å². The molecule has 0 aliphatic carbocycles. The highest BCUT2D eigenvalue weighted by Crippen LogP contribution is 2.38. The molecule has 0 atom stereocenters. The SMILES string of the molecule is O=C1c2cc(N([O-])[O-])cc3cc(N(O)O)cc(c23)C(=O)N1CCNCCN1C(=O)c2cc(N([O-])[O-])cc3cc(N(O)O)cc(c23)C1=O. The van der Waals surface area contributed by atoms with Crippen LogP contribution < -0.4 is 26.2 Å². The molecule has 244 valence electrons. The van der Waals surface area contributed by atoms with E-state index in [1.807, 2.05) is 0 Å². The minimum atomic E-state index is -0.833. The number of nitrogens with one attached hydrogen (secondary N) is 1. The number of anilines is 4. The molecule has 0 saturated heterocycles. The Hall–Kier alpha value is -5.48. The van der Waals surface area contributed by atoms with Crippen molar-refractivity contribution in [2.75, 3.05) is 47.1 Å². The second-order valence-electron chi connectivity index (χ2n) is 10.5. The molecule has 0 aromatic heterocycles. The average molecular weight is 648 g/mol. The number of nitrogens with zero attached hydrogens (tertiary/aromatic N) is 6. The van der Waals surface area contributed by atoms with E-state index in [0.29, 0.717) is 0 Å². The van der Waals surface area contributed by atoms with Crippen LogP contribution in [0.15, 0.2) is 48.5 Å². The standard InChI is InChI=1S/C28H21N7O12/c36-25-19-9-15(32(40)41)5-13-6-16(33(42)43)10-20(23(13)19)26(37)30(25)3-1-29-2-4-31-27(38)21-11-17(34(44)45)7-14-8-18(35(46)47)12-22(24(14)21)28(31)39/h5-12,29,40-41,44-45H,1-4H2/q-4. The number of rotatable bonds is 10. The molecular weight excluding hydrogens is 626 g/mol. The third-order valence-electron chi connectivity index (χ3n) is 7.85. The minimum Gasteiger partial charge on any atom is -0.769 e. The lowest BCUT2D eigenvalue weighted by atomic mass is 9.92. The molecule has 2 aliphatic rings. The van der Waals surface area contributed by atoms with Crippen molar-refractivity contribution < 1.29 is 40.0 Å². The molecule has 19 heteroatoms. The van der Waals surface area contributed by atoms with Crippen LogP contribution >= 0.6 is 0 Å². The van der Waals surface area contributed by atoms with Crippen LogP contribution in [0.1, 0.15) is 41.4 Å². The summed E-state index contributed by atoms with van der Waals surface area (Å²) < 4.78 is 0. The first-order chi connectivity index (χ1) is 22.3. The summed E-state index contributed by atoms with van der Waals surface area (Å²) in [5, 5.41) is 85.4. The zero-order valence-corrected chi connectivity index (χ0v) is 23.7. The van der Waals surface area contributed by atoms with Gasteiger partial charge in [0.15, 0.2) is 0 Å². The Balaban J connectivity index is 1.19. The van der Waals surface area contributed by atoms with Crippen molar-refractivity contribution in [3.8, 4) is 0 Å². The molecule has 0 saturated carbocycles. The predicted molar refractivity (Wildman–Crippen MR) is 162 cm³/mol. The van der Waals surface area contributed by atoms with Gasteiger partial charge in [-0.05, 0) is 59.3 Å². The van der Waals surface area contributed by atoms with Crippen molar-refractivity contribution in [3.63, 3.8) is 0 Å². The van der Waals surface area contributed by atoms with E-state index in [0.717, 1.165) is 58.3 Å². The fraction of sp³-hybridized carbons (Fsp3) is 0.143. The van der Waals surface area contributed by atoms with E-state index in [-0.39, 0.29) is 91.8 Å². The Morgan fingerprint density at radius 1 is 0.511 bits per heavy atom. The van der Waals surface area contributed by atoms with Crippen LogP contribution in [0, 0.1) is 20.8 Å². The maximum absolute atomic E-state index is 13.3. The lowest BCUT2D eigenvalue weighted by molar-refractivity contribution is 0.0285. The minimum absolute atomic E-state index is 0.0607. The van der Waals surface area contributed by atoms with Gasteiger partial charge in [0.25, 0.3) is 23.6 Å². The molecule has 0 fully saturated rings. The van der Waals surface area contributed by atoms with Gasteiger partial charge in [0.1, 0.15) is 0 Å². The molecule has 4 amide bonds. The normalized spacial score (nSPS) is 14.0. The van der Waals surface area contributed by atoms with Crippen molar-refractivity contribution in [3.05, 3.63) is 91.6 Å². The Labute approximate surface area is 262 Å². The fourth-order valence-electron chi connectivity index (χ4n) is 5.76. The Morgan fingerprint density at radius 3 is 1.11 bits per heavy atom. The molecule has 0 radical (unpaired) electrons. The highest BCUT2D eigenvalue weighted by Gasteiger charge is 2.35. The van der Waals surface area contributed by atoms with Gasteiger partial charge in [0, 0.05) is 48.3 Å². The first-order valence-corrected chi connectivity index (χ1v) is 13.6. The summed E-state index contributed by atoms with van der Waals surface area (Å²) in [6, 6.07) is 8.78. The topological polar surface area (TPSA) is 273 Å². The van der Waals surface area contributed by atoms with E-state index < -0.39 is 45.5 Å². The van der Waals surface area contributed by atoms with Crippen LogP contribution in [0.25, 0.3) is 21.5 Å². The van der Waals surface area contributed by atoms with E-state index >= 15 is 0 Å². The molecule has 0 spiro atoms. The summed E-state index contributed by atoms with van der Waals surface area (Å²) in [4.78, 5) is 54.9. The molecule has 2 aliphatic heterocycles. The maximum atomic E-state index is 13.3. The molecule has 5 N–H and O–H groups in total. The van der Waals surface area contributed by atoms with Gasteiger partial charge in [-0.1, -0.05) is 0 Å². The summed E-state index contributed by atoms with van der Waals surface area (Å²) in [5.41, 5.74) is -1.99. The predicted octanol–water partition coefficient (Wildman–Crippen LogP) is 2.25. The summed E-state index contributed by atoms with van der Waals surface area (Å²) in [6.07, 6.45) is 0. The average Bonchev–Trinajstić information content (AvgIpc) is 3.03. The maximum Gasteiger partial charge on any atom is 0.261 e. The number of hydrogen-bond acceptors (Lipinski definition) is 17. The van der Waals surface area contributed by atoms with Gasteiger partial charge in [-0.25, -0.2) is 0 Å². The number of benzene rings is 4. The molecule has 2 heterocycles. The van der Waals surface area contributed by atoms with Gasteiger partial charge in [-0.2, -0.15) is 0 Å². The van der Waals surface area contributed by atoms with Crippen LogP contribution in [0.4, 0.5) is 22.7 Å². The monoisotopic (exact) mass is 647 g/mol. The Morgan fingerprint density at radius 2 is 0.809 bits per heavy atom. The van der Waals surface area contributed by atoms with Crippen molar-refractivity contribution >= 4 is 67.9 Å². The van der Waals surface area contributed by atoms with Gasteiger partial charge >= 0.3 is 0 Å². The summed E-state index contributed by atoms with van der Waals surface area (Å²) in [5.74, 6) is -3.28. The fourth-order valence-corrected chi connectivity index (χ4v) is 5.76. The van der Waals surface area contributed by atoms with Gasteiger partial charge < -0.3 is 36.6 Å². The van der Waals surface area contributed by atoms with E-state index in [1.165, 1.54) is 0 Å². The molecule has 6 rings (SSSR count). The molecule has 4 aromatic carbocycles. The molecule has 47 heavy (non-hydrogen) atoms. The van der Waals surface area contributed by atoms with Gasteiger partial charge in [0.2, 0.25) is 0 Å². The highest BCUT2D eigenvalue weighted by atomic mass is 16.8. The van der Waals surface area contributed by atoms with E-state index in [1.54, 1.807) is 0 Å². The second kappa shape index (κ2) is 11.7. The van der Waals surface area contributed by atoms with Gasteiger partial charge in [0.05, 0.1) is 33.6 Å². The zero-order valence-electron chi connectivity index (χ0n) is 23.7.